The smallest absolute Gasteiger partial charge is 0.345 e. The maximum absolute atomic E-state index is 14.1. The summed E-state index contributed by atoms with van der Waals surface area (Å²) in [4.78, 5) is 26.9. The summed E-state index contributed by atoms with van der Waals surface area (Å²) in [5.41, 5.74) is 4.86. The molecule has 0 unspecified atom stereocenters. The molecule has 0 aliphatic heterocycles. The lowest BCUT2D eigenvalue weighted by molar-refractivity contribution is -0.617. The average Bonchev–Trinajstić information content (AvgIpc) is 3.04. The molecule has 0 spiro atoms. The molecule has 47 heavy (non-hydrogen) atoms. The van der Waals surface area contributed by atoms with Crippen LogP contribution in [0.15, 0.2) is 97.1 Å². The molecule has 6 aromatic rings. The fraction of sp³-hybridized carbons (Fsp3) is 0.139. The number of rotatable bonds is 6. The molecule has 0 saturated heterocycles. The van der Waals surface area contributed by atoms with Crippen LogP contribution in [0.2, 0.25) is 0 Å². The first-order chi connectivity index (χ1) is 22.3. The minimum atomic E-state index is -5.42. The van der Waals surface area contributed by atoms with Crippen molar-refractivity contribution in [3.8, 4) is 11.5 Å². The van der Waals surface area contributed by atoms with Crippen molar-refractivity contribution in [1.82, 2.24) is 0 Å². The highest BCUT2D eigenvalue weighted by Crippen LogP contribution is 2.33. The summed E-state index contributed by atoms with van der Waals surface area (Å²) in [7, 11) is -1.82. The molecule has 0 amide bonds. The average molecular weight is 656 g/mol. The quantitative estimate of drug-likeness (QED) is 0.0492. The number of carbonyl (C=O) groups excluding carboxylic acids is 2. The van der Waals surface area contributed by atoms with Gasteiger partial charge in [-0.05, 0) is 71.6 Å². The summed E-state index contributed by atoms with van der Waals surface area (Å²) in [6.07, 6.45) is 0. The second-order valence-corrected chi connectivity index (χ2v) is 11.6. The van der Waals surface area contributed by atoms with Crippen LogP contribution in [0.5, 0.6) is 11.5 Å². The van der Waals surface area contributed by atoms with Gasteiger partial charge in [-0.15, -0.1) is 3.89 Å². The summed E-state index contributed by atoms with van der Waals surface area (Å²) in [5.74, 6) is 0.134. The van der Waals surface area contributed by atoms with Crippen molar-refractivity contribution in [2.45, 2.75) is 20.5 Å². The summed E-state index contributed by atoms with van der Waals surface area (Å²) >= 11 is 0. The van der Waals surface area contributed by atoms with E-state index in [4.69, 9.17) is 27.2 Å². The molecule has 0 atom stereocenters. The first-order valence-electron chi connectivity index (χ1n) is 14.4. The normalized spacial score (nSPS) is 11.2. The van der Waals surface area contributed by atoms with Gasteiger partial charge in [-0.3, -0.25) is 0 Å². The van der Waals surface area contributed by atoms with E-state index in [-0.39, 0.29) is 6.61 Å². The van der Waals surface area contributed by atoms with Crippen molar-refractivity contribution in [2.24, 2.45) is 7.05 Å². The van der Waals surface area contributed by atoms with Gasteiger partial charge in [0.25, 0.3) is 10.5 Å². The third-order valence-corrected chi connectivity index (χ3v) is 7.64. The fourth-order valence-electron chi connectivity index (χ4n) is 5.51. The molecule has 6 rings (SSSR count). The minimum Gasteiger partial charge on any atom is -0.722 e. The van der Waals surface area contributed by atoms with Crippen LogP contribution in [0.4, 0.5) is 3.89 Å². The van der Waals surface area contributed by atoms with E-state index in [2.05, 4.69) is 16.7 Å². The molecule has 0 aliphatic carbocycles. The Kier molecular flexibility index (Phi) is 9.50. The Bertz CT molecular complexity index is 2240. The Hall–Kier alpha value is -5.39. The van der Waals surface area contributed by atoms with Crippen LogP contribution < -0.4 is 14.0 Å². The number of benzene rings is 5. The van der Waals surface area contributed by atoms with Gasteiger partial charge in [0.2, 0.25) is 11.0 Å². The molecule has 1 aromatic heterocycles. The van der Waals surface area contributed by atoms with Crippen molar-refractivity contribution in [3.63, 3.8) is 0 Å². The molecule has 0 saturated carbocycles. The number of aryl methyl sites for hydroxylation is 3. The zero-order valence-corrected chi connectivity index (χ0v) is 26.8. The number of nitrogens with zero attached hydrogens (tertiary/aromatic N) is 1. The number of pyridine rings is 1. The number of halogens is 1. The molecule has 1 heterocycles. The summed E-state index contributed by atoms with van der Waals surface area (Å²) in [5, 5.41) is 3.60. The third kappa shape index (κ3) is 7.54. The Morgan fingerprint density at radius 2 is 1.36 bits per heavy atom. The highest BCUT2D eigenvalue weighted by Gasteiger charge is 2.26. The van der Waals surface area contributed by atoms with Gasteiger partial charge in [-0.1, -0.05) is 54.6 Å². The Balaban J connectivity index is 0.000000807. The Morgan fingerprint density at radius 3 is 1.98 bits per heavy atom. The summed E-state index contributed by atoms with van der Waals surface area (Å²) < 4.78 is 54.6. The van der Waals surface area contributed by atoms with Gasteiger partial charge < -0.3 is 18.8 Å². The number of ether oxygens (including phenoxy) is 3. The van der Waals surface area contributed by atoms with Gasteiger partial charge in [0, 0.05) is 12.1 Å². The van der Waals surface area contributed by atoms with Crippen LogP contribution in [-0.2, 0) is 28.9 Å². The van der Waals surface area contributed by atoms with Crippen LogP contribution in [0.1, 0.15) is 37.4 Å². The van der Waals surface area contributed by atoms with E-state index in [0.29, 0.717) is 33.8 Å². The third-order valence-electron chi connectivity index (χ3n) is 7.64. The Morgan fingerprint density at radius 1 is 0.787 bits per heavy atom. The fourth-order valence-corrected chi connectivity index (χ4v) is 5.51. The molecular weight excluding hydrogens is 625 g/mol. The molecule has 11 heteroatoms. The monoisotopic (exact) mass is 655 g/mol. The number of methoxy groups -OCH3 is 1. The molecule has 5 aromatic carbocycles. The van der Waals surface area contributed by atoms with Crippen molar-refractivity contribution >= 4 is 55.0 Å². The van der Waals surface area contributed by atoms with Gasteiger partial charge in [-0.2, -0.15) is 4.57 Å². The molecular formula is C36H30FNO8S. The largest absolute Gasteiger partial charge is 0.722 e. The van der Waals surface area contributed by atoms with Crippen molar-refractivity contribution < 1.29 is 45.2 Å². The van der Waals surface area contributed by atoms with E-state index in [9.17, 15) is 13.5 Å². The highest BCUT2D eigenvalue weighted by molar-refractivity contribution is 7.80. The zero-order chi connectivity index (χ0) is 33.9. The van der Waals surface area contributed by atoms with Gasteiger partial charge >= 0.3 is 11.9 Å². The van der Waals surface area contributed by atoms with E-state index in [1.807, 2.05) is 93.7 Å². The zero-order valence-electron chi connectivity index (χ0n) is 25.9. The van der Waals surface area contributed by atoms with Crippen molar-refractivity contribution in [1.29, 1.82) is 0 Å². The number of hydrogen-bond donors (Lipinski definition) is 0. The van der Waals surface area contributed by atoms with Gasteiger partial charge in [0.05, 0.1) is 29.0 Å². The van der Waals surface area contributed by atoms with Gasteiger partial charge in [0.15, 0.2) is 0 Å². The van der Waals surface area contributed by atoms with E-state index < -0.39 is 22.4 Å². The number of fused-ring (bicyclic) bond motifs is 3. The lowest BCUT2D eigenvalue weighted by atomic mass is 9.98. The van der Waals surface area contributed by atoms with Crippen LogP contribution in [0.3, 0.4) is 0 Å². The lowest BCUT2D eigenvalue weighted by Gasteiger charge is -2.15. The molecule has 0 bridgehead atoms. The molecule has 0 N–H and O–H groups in total. The van der Waals surface area contributed by atoms with E-state index in [0.717, 1.165) is 38.1 Å². The molecule has 0 radical (unpaired) electrons. The van der Waals surface area contributed by atoms with Crippen LogP contribution in [0, 0.1) is 13.8 Å². The number of hydrogen-bond acceptors (Lipinski definition) is 8. The summed E-state index contributed by atoms with van der Waals surface area (Å²) in [6, 6.07) is 30.8. The standard InChI is InChI=1S/C36H30NO5.FHO3S/c1-22-16-27(35(38)41-21-24-10-6-5-7-11-24)17-23(2)34(22)42-36(39)33-29-18-25-12-8-9-13-26(25)19-32(29)37(3)31-15-14-28(40-4)20-30(31)33;1-5(2,3)4/h5-20H,21H2,1-4H3;(H,2,3,4)/q+1;/p-1. The maximum Gasteiger partial charge on any atom is 0.345 e. The minimum absolute atomic E-state index is 0.179. The van der Waals surface area contributed by atoms with Crippen LogP contribution in [-0.4, -0.2) is 32.0 Å². The lowest BCUT2D eigenvalue weighted by Crippen LogP contribution is -2.31. The maximum atomic E-state index is 14.1. The molecule has 0 fully saturated rings. The SMILES string of the molecule is COc1ccc2c(c1)c(C(=O)Oc1c(C)cc(C(=O)OCc3ccccc3)cc1C)c1cc3ccccc3cc1[n+]2C.O=S(=O)([O-])F. The Labute approximate surface area is 270 Å². The van der Waals surface area contributed by atoms with E-state index in [1.165, 1.54) is 0 Å². The van der Waals surface area contributed by atoms with Gasteiger partial charge in [-0.25, -0.2) is 18.0 Å². The van der Waals surface area contributed by atoms with E-state index >= 15 is 0 Å². The van der Waals surface area contributed by atoms with E-state index in [1.54, 1.807) is 19.2 Å². The molecule has 240 valence electrons. The highest BCUT2D eigenvalue weighted by atomic mass is 32.3. The van der Waals surface area contributed by atoms with Crippen molar-refractivity contribution in [3.05, 3.63) is 125 Å². The molecule has 0 aliphatic rings. The predicted molar refractivity (Wildman–Crippen MR) is 174 cm³/mol. The summed E-state index contributed by atoms with van der Waals surface area (Å²) in [6.45, 7) is 3.82. The van der Waals surface area contributed by atoms with Gasteiger partial charge in [0.1, 0.15) is 25.2 Å². The topological polar surface area (TPSA) is 123 Å². The second kappa shape index (κ2) is 13.5. The predicted octanol–water partition coefficient (Wildman–Crippen LogP) is 6.59. The van der Waals surface area contributed by atoms with Crippen molar-refractivity contribution in [2.75, 3.05) is 7.11 Å². The number of esters is 2. The van der Waals surface area contributed by atoms with Crippen LogP contribution in [0.25, 0.3) is 32.6 Å². The number of carbonyl (C=O) groups is 2. The second-order valence-electron chi connectivity index (χ2n) is 10.8. The molecule has 9 nitrogen and oxygen atoms in total. The number of aromatic nitrogens is 1. The van der Waals surface area contributed by atoms with Crippen LogP contribution >= 0.6 is 0 Å². The first-order valence-corrected chi connectivity index (χ1v) is 15.7. The first kappa shape index (κ1) is 33.0.